The van der Waals surface area contributed by atoms with Crippen molar-refractivity contribution in [2.45, 2.75) is 39.0 Å². The number of hydrogen-bond donors (Lipinski definition) is 0. The molecule has 0 N–H and O–H groups in total. The molecule has 3 heteroatoms. The summed E-state index contributed by atoms with van der Waals surface area (Å²) >= 11 is 0. The first kappa shape index (κ1) is 12.3. The van der Waals surface area contributed by atoms with Gasteiger partial charge in [-0.15, -0.1) is 0 Å². The first-order valence-corrected chi connectivity index (χ1v) is 6.25. The van der Waals surface area contributed by atoms with Crippen molar-refractivity contribution >= 4 is 5.69 Å². The van der Waals surface area contributed by atoms with Crippen molar-refractivity contribution in [3.05, 3.63) is 29.3 Å². The first-order valence-electron chi connectivity index (χ1n) is 6.25. The summed E-state index contributed by atoms with van der Waals surface area (Å²) in [5.41, 5.74) is 3.62. The average Bonchev–Trinajstić information content (AvgIpc) is 2.29. The van der Waals surface area contributed by atoms with Crippen LogP contribution in [0.25, 0.3) is 0 Å². The predicted molar refractivity (Wildman–Crippen MR) is 67.0 cm³/mol. The summed E-state index contributed by atoms with van der Waals surface area (Å²) in [7, 11) is 0. The van der Waals surface area contributed by atoms with E-state index in [1.54, 1.807) is 0 Å². The van der Waals surface area contributed by atoms with Crippen molar-refractivity contribution in [2.75, 3.05) is 18.0 Å². The van der Waals surface area contributed by atoms with Crippen LogP contribution in [0.2, 0.25) is 0 Å². The van der Waals surface area contributed by atoms with Gasteiger partial charge < -0.3 is 4.90 Å². The second-order valence-electron chi connectivity index (χ2n) is 4.78. The molecule has 2 rings (SSSR count). The smallest absolute Gasteiger partial charge is 0.251 e. The zero-order valence-corrected chi connectivity index (χ0v) is 10.5. The minimum Gasteiger partial charge on any atom is -0.371 e. The van der Waals surface area contributed by atoms with Gasteiger partial charge in [0.2, 0.25) is 0 Å². The van der Waals surface area contributed by atoms with E-state index in [0.29, 0.717) is 13.1 Å². The summed E-state index contributed by atoms with van der Waals surface area (Å²) in [6, 6.07) is 6.19. The molecule has 17 heavy (non-hydrogen) atoms. The summed E-state index contributed by atoms with van der Waals surface area (Å²) < 4.78 is 26.3. The van der Waals surface area contributed by atoms with E-state index in [9.17, 15) is 8.78 Å². The monoisotopic (exact) mass is 239 g/mol. The van der Waals surface area contributed by atoms with E-state index in [1.165, 1.54) is 16.8 Å². The predicted octanol–water partition coefficient (Wildman–Crippen LogP) is 3.79. The zero-order chi connectivity index (χ0) is 12.5. The van der Waals surface area contributed by atoms with Crippen LogP contribution < -0.4 is 4.90 Å². The number of piperidine rings is 1. The third-order valence-electron chi connectivity index (χ3n) is 3.51. The molecule has 1 heterocycles. The van der Waals surface area contributed by atoms with Crippen LogP contribution in [0.1, 0.15) is 30.9 Å². The lowest BCUT2D eigenvalue weighted by Gasteiger charge is -2.35. The third-order valence-corrected chi connectivity index (χ3v) is 3.51. The fourth-order valence-corrected chi connectivity index (χ4v) is 2.51. The Hall–Kier alpha value is -1.12. The largest absolute Gasteiger partial charge is 0.371 e. The fourth-order valence-electron chi connectivity index (χ4n) is 2.51. The number of nitrogens with zero attached hydrogens (tertiary/aromatic N) is 1. The number of aryl methyl sites for hydroxylation is 2. The highest BCUT2D eigenvalue weighted by Gasteiger charge is 2.34. The van der Waals surface area contributed by atoms with Crippen LogP contribution in [-0.2, 0) is 6.42 Å². The number of hydrogen-bond acceptors (Lipinski definition) is 1. The molecule has 0 spiro atoms. The molecule has 0 unspecified atom stereocenters. The second-order valence-corrected chi connectivity index (χ2v) is 4.78. The van der Waals surface area contributed by atoms with Crippen molar-refractivity contribution in [1.29, 1.82) is 0 Å². The molecule has 0 radical (unpaired) electrons. The SMILES string of the molecule is CCc1cccc(C)c1N1CCC(F)(F)CC1. The van der Waals surface area contributed by atoms with Crippen LogP contribution in [0.4, 0.5) is 14.5 Å². The van der Waals surface area contributed by atoms with Gasteiger partial charge in [0.1, 0.15) is 0 Å². The molecule has 1 fully saturated rings. The Morgan fingerprint density at radius 3 is 2.47 bits per heavy atom. The standard InChI is InChI=1S/C14H19F2N/c1-3-12-6-4-5-11(2)13(12)17-9-7-14(15,16)8-10-17/h4-6H,3,7-10H2,1-2H3. The lowest BCUT2D eigenvalue weighted by atomic mass is 10.0. The molecule has 1 aromatic carbocycles. The molecule has 1 aromatic rings. The minimum atomic E-state index is -2.47. The zero-order valence-electron chi connectivity index (χ0n) is 10.5. The van der Waals surface area contributed by atoms with Gasteiger partial charge in [0.25, 0.3) is 5.92 Å². The first-order chi connectivity index (χ1) is 8.03. The van der Waals surface area contributed by atoms with Crippen LogP contribution in [0, 0.1) is 6.92 Å². The molecule has 0 amide bonds. The summed E-state index contributed by atoms with van der Waals surface area (Å²) in [6.45, 7) is 5.09. The fraction of sp³-hybridized carbons (Fsp3) is 0.571. The molecule has 1 aliphatic rings. The Balaban J connectivity index is 2.23. The summed E-state index contributed by atoms with van der Waals surface area (Å²) in [6.07, 6.45) is 0.902. The van der Waals surface area contributed by atoms with E-state index in [2.05, 4.69) is 30.9 Å². The molecule has 1 saturated heterocycles. The van der Waals surface area contributed by atoms with E-state index in [4.69, 9.17) is 0 Å². The highest BCUT2D eigenvalue weighted by atomic mass is 19.3. The second kappa shape index (κ2) is 4.63. The van der Waals surface area contributed by atoms with Gasteiger partial charge in [0, 0.05) is 31.6 Å². The maximum atomic E-state index is 13.1. The Kier molecular flexibility index (Phi) is 3.36. The van der Waals surface area contributed by atoms with E-state index < -0.39 is 5.92 Å². The summed E-state index contributed by atoms with van der Waals surface area (Å²) in [5, 5.41) is 0. The molecule has 0 bridgehead atoms. The normalized spacial score (nSPS) is 19.4. The quantitative estimate of drug-likeness (QED) is 0.759. The Morgan fingerprint density at radius 2 is 1.88 bits per heavy atom. The molecule has 0 saturated carbocycles. The Morgan fingerprint density at radius 1 is 1.24 bits per heavy atom. The van der Waals surface area contributed by atoms with Gasteiger partial charge in [-0.3, -0.25) is 0 Å². The maximum Gasteiger partial charge on any atom is 0.251 e. The molecule has 0 aromatic heterocycles. The molecule has 1 nitrogen and oxygen atoms in total. The summed E-state index contributed by atoms with van der Waals surface area (Å²) in [4.78, 5) is 2.12. The van der Waals surface area contributed by atoms with E-state index in [0.717, 1.165) is 6.42 Å². The third kappa shape index (κ3) is 2.59. The molecule has 94 valence electrons. The van der Waals surface area contributed by atoms with Crippen LogP contribution >= 0.6 is 0 Å². The van der Waals surface area contributed by atoms with Crippen molar-refractivity contribution < 1.29 is 8.78 Å². The van der Waals surface area contributed by atoms with E-state index >= 15 is 0 Å². The van der Waals surface area contributed by atoms with Crippen molar-refractivity contribution in [2.24, 2.45) is 0 Å². The summed E-state index contributed by atoms with van der Waals surface area (Å²) in [5.74, 6) is -2.47. The number of anilines is 1. The van der Waals surface area contributed by atoms with Crippen LogP contribution in [-0.4, -0.2) is 19.0 Å². The number of halogens is 2. The number of rotatable bonds is 2. The molecule has 1 aliphatic heterocycles. The Bertz CT molecular complexity index is 391. The van der Waals surface area contributed by atoms with Gasteiger partial charge in [-0.25, -0.2) is 8.78 Å². The highest BCUT2D eigenvalue weighted by molar-refractivity contribution is 5.59. The molecule has 0 aliphatic carbocycles. The number of para-hydroxylation sites is 1. The van der Waals surface area contributed by atoms with Gasteiger partial charge >= 0.3 is 0 Å². The topological polar surface area (TPSA) is 3.24 Å². The molecular formula is C14H19F2N. The van der Waals surface area contributed by atoms with Crippen molar-refractivity contribution in [3.8, 4) is 0 Å². The van der Waals surface area contributed by atoms with Crippen LogP contribution in [0.5, 0.6) is 0 Å². The maximum absolute atomic E-state index is 13.1. The van der Waals surface area contributed by atoms with Crippen LogP contribution in [0.3, 0.4) is 0 Å². The van der Waals surface area contributed by atoms with Crippen molar-refractivity contribution in [3.63, 3.8) is 0 Å². The van der Waals surface area contributed by atoms with Crippen molar-refractivity contribution in [1.82, 2.24) is 0 Å². The molecule has 0 atom stereocenters. The van der Waals surface area contributed by atoms with Gasteiger partial charge in [-0.05, 0) is 24.5 Å². The van der Waals surface area contributed by atoms with Crippen LogP contribution in [0.15, 0.2) is 18.2 Å². The lowest BCUT2D eigenvalue weighted by Crippen LogP contribution is -2.40. The van der Waals surface area contributed by atoms with Gasteiger partial charge in [-0.2, -0.15) is 0 Å². The lowest BCUT2D eigenvalue weighted by molar-refractivity contribution is -0.0220. The van der Waals surface area contributed by atoms with Gasteiger partial charge in [0.05, 0.1) is 0 Å². The number of alkyl halides is 2. The minimum absolute atomic E-state index is 0.0233. The highest BCUT2D eigenvalue weighted by Crippen LogP contribution is 2.33. The number of benzene rings is 1. The van der Waals surface area contributed by atoms with E-state index in [-0.39, 0.29) is 12.8 Å². The Labute approximate surface area is 101 Å². The average molecular weight is 239 g/mol. The van der Waals surface area contributed by atoms with E-state index in [1.807, 2.05) is 6.07 Å². The molecular weight excluding hydrogens is 220 g/mol. The van der Waals surface area contributed by atoms with Gasteiger partial charge in [0.15, 0.2) is 0 Å². The van der Waals surface area contributed by atoms with Gasteiger partial charge in [-0.1, -0.05) is 25.1 Å².